The molecule has 2 rings (SSSR count). The van der Waals surface area contributed by atoms with Crippen molar-refractivity contribution in [3.63, 3.8) is 0 Å². The molecule has 0 aliphatic rings. The van der Waals surface area contributed by atoms with Gasteiger partial charge in [0, 0.05) is 32.1 Å². The van der Waals surface area contributed by atoms with Crippen LogP contribution >= 0.6 is 24.0 Å². The Morgan fingerprint density at radius 1 is 1.20 bits per heavy atom. The van der Waals surface area contributed by atoms with Crippen molar-refractivity contribution in [3.8, 4) is 0 Å². The van der Waals surface area contributed by atoms with Gasteiger partial charge in [-0.3, -0.25) is 4.99 Å². The lowest BCUT2D eigenvalue weighted by Crippen LogP contribution is -2.36. The predicted octanol–water partition coefficient (Wildman–Crippen LogP) is 3.73. The van der Waals surface area contributed by atoms with Crippen molar-refractivity contribution in [2.45, 2.75) is 46.7 Å². The van der Waals surface area contributed by atoms with E-state index in [9.17, 15) is 4.39 Å². The van der Waals surface area contributed by atoms with Crippen LogP contribution in [0.25, 0.3) is 0 Å². The molecule has 0 saturated heterocycles. The zero-order valence-corrected chi connectivity index (χ0v) is 17.5. The molecule has 138 valence electrons. The molecule has 1 aromatic heterocycles. The first-order valence-electron chi connectivity index (χ1n) is 8.24. The second-order valence-corrected chi connectivity index (χ2v) is 5.60. The summed E-state index contributed by atoms with van der Waals surface area (Å²) in [6, 6.07) is 5.09. The first kappa shape index (κ1) is 21.4. The van der Waals surface area contributed by atoms with Crippen LogP contribution in [0, 0.1) is 12.7 Å². The summed E-state index contributed by atoms with van der Waals surface area (Å²) in [4.78, 5) is 4.22. The van der Waals surface area contributed by atoms with Crippen LogP contribution in [-0.2, 0) is 25.9 Å². The monoisotopic (exact) mass is 460 g/mol. The van der Waals surface area contributed by atoms with Crippen molar-refractivity contribution < 1.29 is 8.91 Å². The van der Waals surface area contributed by atoms with E-state index < -0.39 is 0 Å². The van der Waals surface area contributed by atoms with E-state index in [1.807, 2.05) is 13.0 Å². The molecule has 0 aliphatic heterocycles. The van der Waals surface area contributed by atoms with Crippen molar-refractivity contribution in [2.24, 2.45) is 4.99 Å². The van der Waals surface area contributed by atoms with Gasteiger partial charge in [0.1, 0.15) is 11.6 Å². The third-order valence-corrected chi connectivity index (χ3v) is 3.95. The average molecular weight is 460 g/mol. The molecular formula is C18H26FIN4O. The molecule has 7 heteroatoms. The SMILES string of the molecule is CCc1noc(CC)c1CNC(=NC)NCc1ccc(F)c(C)c1.I. The number of aryl methyl sites for hydroxylation is 3. The summed E-state index contributed by atoms with van der Waals surface area (Å²) in [6.45, 7) is 7.05. The van der Waals surface area contributed by atoms with Gasteiger partial charge in [-0.2, -0.15) is 0 Å². The zero-order valence-electron chi connectivity index (χ0n) is 15.1. The molecule has 0 amide bonds. The van der Waals surface area contributed by atoms with Gasteiger partial charge in [-0.15, -0.1) is 24.0 Å². The highest BCUT2D eigenvalue weighted by Gasteiger charge is 2.13. The minimum atomic E-state index is -0.187. The standard InChI is InChI=1S/C18H25FN4O.HI/c1-5-16-14(17(6-2)24-23-16)11-22-18(20-4)21-10-13-7-8-15(19)12(3)9-13;/h7-9H,5-6,10-11H2,1-4H3,(H2,20,21,22);1H. The molecule has 1 heterocycles. The van der Waals surface area contributed by atoms with Gasteiger partial charge >= 0.3 is 0 Å². The van der Waals surface area contributed by atoms with Crippen LogP contribution in [0.5, 0.6) is 0 Å². The molecule has 0 radical (unpaired) electrons. The molecule has 0 unspecified atom stereocenters. The topological polar surface area (TPSA) is 62.5 Å². The van der Waals surface area contributed by atoms with Crippen molar-refractivity contribution >= 4 is 29.9 Å². The van der Waals surface area contributed by atoms with Crippen LogP contribution in [0.4, 0.5) is 4.39 Å². The largest absolute Gasteiger partial charge is 0.361 e. The number of halogens is 2. The van der Waals surface area contributed by atoms with Crippen molar-refractivity contribution in [1.29, 1.82) is 0 Å². The fourth-order valence-electron chi connectivity index (χ4n) is 2.53. The lowest BCUT2D eigenvalue weighted by Gasteiger charge is -2.12. The molecule has 0 saturated carbocycles. The molecule has 0 fully saturated rings. The van der Waals surface area contributed by atoms with Gasteiger partial charge < -0.3 is 15.2 Å². The number of aromatic nitrogens is 1. The summed E-state index contributed by atoms with van der Waals surface area (Å²) in [5, 5.41) is 10.6. The molecule has 2 N–H and O–H groups in total. The van der Waals surface area contributed by atoms with Gasteiger partial charge in [0.2, 0.25) is 0 Å². The Morgan fingerprint density at radius 3 is 2.52 bits per heavy atom. The second kappa shape index (κ2) is 10.4. The Labute approximate surface area is 165 Å². The average Bonchev–Trinajstić information content (AvgIpc) is 3.00. The molecule has 5 nitrogen and oxygen atoms in total. The number of hydrogen-bond donors (Lipinski definition) is 2. The normalized spacial score (nSPS) is 11.2. The van der Waals surface area contributed by atoms with Crippen LogP contribution < -0.4 is 10.6 Å². The summed E-state index contributed by atoms with van der Waals surface area (Å²) in [5.74, 6) is 1.40. The van der Waals surface area contributed by atoms with E-state index in [1.165, 1.54) is 6.07 Å². The van der Waals surface area contributed by atoms with E-state index in [0.717, 1.165) is 35.4 Å². The molecule has 25 heavy (non-hydrogen) atoms. The van der Waals surface area contributed by atoms with Gasteiger partial charge in [0.05, 0.1) is 5.69 Å². The highest BCUT2D eigenvalue weighted by molar-refractivity contribution is 14.0. The van der Waals surface area contributed by atoms with E-state index in [2.05, 4.69) is 27.7 Å². The zero-order chi connectivity index (χ0) is 17.5. The Bertz CT molecular complexity index is 694. The van der Waals surface area contributed by atoms with Gasteiger partial charge in [-0.25, -0.2) is 4.39 Å². The van der Waals surface area contributed by atoms with Gasteiger partial charge in [0.25, 0.3) is 0 Å². The number of nitrogens with one attached hydrogen (secondary N) is 2. The summed E-state index contributed by atoms with van der Waals surface area (Å²) >= 11 is 0. The summed E-state index contributed by atoms with van der Waals surface area (Å²) in [5.41, 5.74) is 3.72. The number of guanidine groups is 1. The quantitative estimate of drug-likeness (QED) is 0.392. The smallest absolute Gasteiger partial charge is 0.191 e. The second-order valence-electron chi connectivity index (χ2n) is 5.60. The Balaban J connectivity index is 0.00000312. The number of rotatable bonds is 6. The minimum absolute atomic E-state index is 0. The maximum Gasteiger partial charge on any atom is 0.191 e. The van der Waals surface area contributed by atoms with E-state index in [-0.39, 0.29) is 29.8 Å². The summed E-state index contributed by atoms with van der Waals surface area (Å²) in [6.07, 6.45) is 1.65. The van der Waals surface area contributed by atoms with Gasteiger partial charge in [-0.1, -0.05) is 31.1 Å². The fourth-order valence-corrected chi connectivity index (χ4v) is 2.53. The van der Waals surface area contributed by atoms with Gasteiger partial charge in [0.15, 0.2) is 5.96 Å². The third-order valence-electron chi connectivity index (χ3n) is 3.95. The highest BCUT2D eigenvalue weighted by atomic mass is 127. The van der Waals surface area contributed by atoms with E-state index in [0.29, 0.717) is 24.6 Å². The number of benzene rings is 1. The number of aliphatic imine (C=N–C) groups is 1. The van der Waals surface area contributed by atoms with Crippen LogP contribution in [0.2, 0.25) is 0 Å². The van der Waals surface area contributed by atoms with E-state index in [1.54, 1.807) is 20.0 Å². The van der Waals surface area contributed by atoms with Crippen LogP contribution in [-0.4, -0.2) is 18.2 Å². The first-order chi connectivity index (χ1) is 11.6. The van der Waals surface area contributed by atoms with Crippen LogP contribution in [0.3, 0.4) is 0 Å². The summed E-state index contributed by atoms with van der Waals surface area (Å²) in [7, 11) is 1.72. The molecule has 2 aromatic rings. The number of nitrogens with zero attached hydrogens (tertiary/aromatic N) is 2. The molecule has 0 spiro atoms. The molecule has 0 aliphatic carbocycles. The molecule has 1 aromatic carbocycles. The lowest BCUT2D eigenvalue weighted by atomic mass is 10.1. The molecular weight excluding hydrogens is 434 g/mol. The Kier molecular flexibility index (Phi) is 8.88. The third kappa shape index (κ3) is 5.69. The first-order valence-corrected chi connectivity index (χ1v) is 8.24. The van der Waals surface area contributed by atoms with Gasteiger partial charge in [-0.05, 0) is 30.5 Å². The highest BCUT2D eigenvalue weighted by Crippen LogP contribution is 2.15. The van der Waals surface area contributed by atoms with Crippen LogP contribution in [0.1, 0.15) is 42.0 Å². The summed E-state index contributed by atoms with van der Waals surface area (Å²) < 4.78 is 18.7. The predicted molar refractivity (Wildman–Crippen MR) is 109 cm³/mol. The van der Waals surface area contributed by atoms with Crippen molar-refractivity contribution in [1.82, 2.24) is 15.8 Å². The van der Waals surface area contributed by atoms with Crippen LogP contribution in [0.15, 0.2) is 27.7 Å². The molecule has 0 bridgehead atoms. The molecule has 0 atom stereocenters. The van der Waals surface area contributed by atoms with E-state index in [4.69, 9.17) is 4.52 Å². The Hall–Kier alpha value is -1.64. The Morgan fingerprint density at radius 2 is 1.92 bits per heavy atom. The maximum atomic E-state index is 13.3. The number of hydrogen-bond acceptors (Lipinski definition) is 3. The van der Waals surface area contributed by atoms with Crippen molar-refractivity contribution in [2.75, 3.05) is 7.05 Å². The fraction of sp³-hybridized carbons (Fsp3) is 0.444. The maximum absolute atomic E-state index is 13.3. The lowest BCUT2D eigenvalue weighted by molar-refractivity contribution is 0.380. The van der Waals surface area contributed by atoms with Crippen molar-refractivity contribution in [3.05, 3.63) is 52.2 Å². The van der Waals surface area contributed by atoms with E-state index >= 15 is 0 Å². The minimum Gasteiger partial charge on any atom is -0.361 e.